The largest absolute Gasteiger partial charge is 0.490 e. The highest BCUT2D eigenvalue weighted by Gasteiger charge is 2.44. The number of anilines is 2. The first-order chi connectivity index (χ1) is 49.0. The number of rotatable bonds is 13. The Labute approximate surface area is 586 Å². The van der Waals surface area contributed by atoms with Crippen LogP contribution in [0.5, 0.6) is 5.75 Å². The average molecular weight is 1380 g/mol. The van der Waals surface area contributed by atoms with Crippen LogP contribution in [0, 0.1) is 20.8 Å². The summed E-state index contributed by atoms with van der Waals surface area (Å²) in [6, 6.07) is 49.2. The van der Waals surface area contributed by atoms with Crippen molar-refractivity contribution < 1.29 is 21.6 Å². The first-order valence-electron chi connectivity index (χ1n) is 34.9. The zero-order valence-electron chi connectivity index (χ0n) is 56.3. The first-order valence-corrected chi connectivity index (χ1v) is 38.0. The molecular formula is C78H76N16O5S2. The van der Waals surface area contributed by atoms with Gasteiger partial charge in [0.25, 0.3) is 0 Å². The number of imidazole rings is 3. The molecule has 3 aromatic carbocycles. The maximum absolute atomic E-state index is 11.6. The molecule has 4 fully saturated rings. The summed E-state index contributed by atoms with van der Waals surface area (Å²) in [6.07, 6.45) is 18.5. The van der Waals surface area contributed by atoms with Crippen LogP contribution in [0.4, 0.5) is 11.5 Å². The number of sulfonamides is 2. The Balaban J connectivity index is 0.000000113. The van der Waals surface area contributed by atoms with E-state index in [4.69, 9.17) is 44.9 Å². The predicted molar refractivity (Wildman–Crippen MR) is 389 cm³/mol. The Morgan fingerprint density at radius 3 is 1.38 bits per heavy atom. The summed E-state index contributed by atoms with van der Waals surface area (Å²) in [5, 5.41) is 18.2. The van der Waals surface area contributed by atoms with Gasteiger partial charge >= 0.3 is 0 Å². The molecule has 3 saturated carbocycles. The van der Waals surface area contributed by atoms with E-state index in [1.807, 2.05) is 99.8 Å². The minimum atomic E-state index is -3.74. The van der Waals surface area contributed by atoms with Crippen LogP contribution >= 0.6 is 0 Å². The molecule has 6 bridgehead atoms. The van der Waals surface area contributed by atoms with Crippen LogP contribution in [0.3, 0.4) is 0 Å². The van der Waals surface area contributed by atoms with Gasteiger partial charge in [0.2, 0.25) is 20.0 Å². The van der Waals surface area contributed by atoms with Crippen LogP contribution in [0.25, 0.3) is 90.1 Å². The molecule has 4 aliphatic heterocycles. The van der Waals surface area contributed by atoms with Gasteiger partial charge in [-0.2, -0.15) is 0 Å². The highest BCUT2D eigenvalue weighted by atomic mass is 32.2. The van der Waals surface area contributed by atoms with Gasteiger partial charge in [0.15, 0.2) is 0 Å². The van der Waals surface area contributed by atoms with E-state index in [1.54, 1.807) is 36.7 Å². The monoisotopic (exact) mass is 1380 g/mol. The van der Waals surface area contributed by atoms with Gasteiger partial charge in [-0.25, -0.2) is 47.0 Å². The molecule has 21 nitrogen and oxygen atoms in total. The van der Waals surface area contributed by atoms with E-state index in [2.05, 4.69) is 69.6 Å². The third-order valence-electron chi connectivity index (χ3n) is 21.2. The van der Waals surface area contributed by atoms with Gasteiger partial charge in [0.1, 0.15) is 52.2 Å². The number of fused-ring (bicyclic) bond motifs is 16. The fourth-order valence-electron chi connectivity index (χ4n) is 16.5. The molecule has 3 aliphatic carbocycles. The smallest absolute Gasteiger partial charge is 0.238 e. The average Bonchev–Trinajstić information content (AvgIpc) is 1.59. The number of ether oxygens (including phenoxy) is 1. The maximum atomic E-state index is 11.6. The second-order valence-corrected chi connectivity index (χ2v) is 31.0. The van der Waals surface area contributed by atoms with Crippen molar-refractivity contribution in [1.82, 2.24) is 63.9 Å². The van der Waals surface area contributed by atoms with Gasteiger partial charge in [0.05, 0.1) is 55.2 Å². The van der Waals surface area contributed by atoms with Crippen molar-refractivity contribution in [2.75, 3.05) is 18.4 Å². The van der Waals surface area contributed by atoms with Crippen LogP contribution < -0.4 is 25.6 Å². The molecule has 101 heavy (non-hydrogen) atoms. The number of aromatic nitrogens is 12. The Bertz CT molecular complexity index is 5460. The minimum Gasteiger partial charge on any atom is -0.490 e. The number of nitrogens with two attached hydrogens (primary N) is 2. The molecule has 1 saturated heterocycles. The minimum absolute atomic E-state index is 0.0694. The Morgan fingerprint density at radius 1 is 0.446 bits per heavy atom. The van der Waals surface area contributed by atoms with E-state index < -0.39 is 20.0 Å². The molecule has 0 spiro atoms. The van der Waals surface area contributed by atoms with E-state index in [1.165, 1.54) is 86.3 Å². The van der Waals surface area contributed by atoms with Crippen molar-refractivity contribution in [3.63, 3.8) is 0 Å². The fraction of sp³-hybridized carbons (Fsp3) is 0.295. The molecule has 0 amide bonds. The van der Waals surface area contributed by atoms with Crippen molar-refractivity contribution in [3.8, 4) is 84.9 Å². The summed E-state index contributed by atoms with van der Waals surface area (Å²) >= 11 is 0. The van der Waals surface area contributed by atoms with Crippen molar-refractivity contribution in [1.29, 1.82) is 0 Å². The number of nitrogens with zero attached hydrogens (tertiary/aromatic N) is 12. The molecule has 6 atom stereocenters. The lowest BCUT2D eigenvalue weighted by Gasteiger charge is -2.24. The number of nitrogens with one attached hydrogen (secondary N) is 2. The Kier molecular flexibility index (Phi) is 16.4. The second-order valence-electron chi connectivity index (χ2n) is 27.8. The molecular weight excluding hydrogens is 1310 g/mol. The van der Waals surface area contributed by atoms with Crippen molar-refractivity contribution in [3.05, 3.63) is 205 Å². The zero-order chi connectivity index (χ0) is 68.8. The number of hydrogen-bond donors (Lipinski definition) is 4. The van der Waals surface area contributed by atoms with Crippen molar-refractivity contribution in [2.24, 2.45) is 10.3 Å². The Hall–Kier alpha value is -10.2. The van der Waals surface area contributed by atoms with Crippen LogP contribution in [-0.2, 0) is 20.0 Å². The molecule has 9 aromatic heterocycles. The number of piperidine rings is 1. The summed E-state index contributed by atoms with van der Waals surface area (Å²) in [4.78, 5) is 43.6. The van der Waals surface area contributed by atoms with E-state index >= 15 is 0 Å². The number of pyridine rings is 6. The molecule has 6 N–H and O–H groups in total. The molecule has 12 aromatic rings. The number of hydrogen-bond acceptors (Lipinski definition) is 16. The van der Waals surface area contributed by atoms with Gasteiger partial charge in [-0.05, 0) is 220 Å². The van der Waals surface area contributed by atoms with Gasteiger partial charge in [0, 0.05) is 105 Å². The Morgan fingerprint density at radius 2 is 0.891 bits per heavy atom. The van der Waals surface area contributed by atoms with Gasteiger partial charge < -0.3 is 29.1 Å². The van der Waals surface area contributed by atoms with Gasteiger partial charge in [-0.15, -0.1) is 0 Å². The molecule has 510 valence electrons. The predicted octanol–water partition coefficient (Wildman–Crippen LogP) is 14.4. The lowest BCUT2D eigenvalue weighted by atomic mass is 10.0. The number of primary sulfonamides is 2. The quantitative estimate of drug-likeness (QED) is 0.0834. The van der Waals surface area contributed by atoms with Gasteiger partial charge in [-0.3, -0.25) is 24.9 Å². The van der Waals surface area contributed by atoms with Crippen LogP contribution in [0.2, 0.25) is 0 Å². The SMILES string of the molecule is Cc1cccc(-c2nc3n(c2-c2ccc4nccc(OC5CCNCC5)c4c2)C2CCC3C2)n1.Cc1cccc(-c2nc3n(c2-c2ccnc(-c4ccc(S(N)(=O)=O)cc4)c2)[C@@H]2CC[C@H]3C2)n1.Cc1cccc(-c2nc3n(c2-c2ccnc(Nc4ccc(S(N)(=O)=O)cc4)c2)C2CCC3C2)n1. The van der Waals surface area contributed by atoms with E-state index in [9.17, 15) is 16.8 Å². The topological polar surface area (TPSA) is 284 Å². The molecule has 19 rings (SSSR count). The summed E-state index contributed by atoms with van der Waals surface area (Å²) in [5.41, 5.74) is 18.3. The van der Waals surface area contributed by atoms with E-state index in [0.717, 1.165) is 158 Å². The first kappa shape index (κ1) is 64.2. The summed E-state index contributed by atoms with van der Waals surface area (Å²) in [7, 11) is -7.47. The van der Waals surface area contributed by atoms with E-state index in [0.29, 0.717) is 41.7 Å². The lowest BCUT2D eigenvalue weighted by Crippen LogP contribution is -2.34. The fourth-order valence-corrected chi connectivity index (χ4v) is 17.6. The molecule has 13 heterocycles. The standard InChI is InChI=1S/C28H29N5O.C25H24N6O2S.C25H23N5O2S/c1-17-3-2-4-24(31-17)26-27(33-20-7-5-19(15-20)28(33)32-26)18-6-8-23-22(16-18)25(11-14-30-23)34-21-9-12-29-13-10-21;1-15-3-2-4-21(28-15)23-24(31-19-8-5-17(13-19)25(31)30-23)16-11-12-27-22(14-16)29-18-6-9-20(10-7-18)34(26,32)33;1-15-3-2-4-21(28-15)23-24(30-19-8-5-18(13-19)25(30)29-23)17-11-12-27-22(14-17)16-6-9-20(10-7-16)33(26,31)32/h2-4,6,8,11,14,16,19-21,29H,5,7,9-10,12-13,15H2,1H3;2-4,6-7,9-12,14,17,19H,5,8,13H2,1H3,(H,27,29)(H2,26,32,33);2-4,6-7,9-12,14,18-19H,5,8,13H2,1H3,(H2,26,31,32)/t;;18-,19+/m..0/s1. The summed E-state index contributed by atoms with van der Waals surface area (Å²) in [6.45, 7) is 8.05. The molecule has 23 heteroatoms. The highest BCUT2D eigenvalue weighted by Crippen LogP contribution is 2.56. The highest BCUT2D eigenvalue weighted by molar-refractivity contribution is 7.89. The van der Waals surface area contributed by atoms with Crippen molar-refractivity contribution in [2.45, 2.75) is 143 Å². The van der Waals surface area contributed by atoms with Crippen LogP contribution in [0.15, 0.2) is 180 Å². The number of aryl methyl sites for hydroxylation is 3. The van der Waals surface area contributed by atoms with Gasteiger partial charge in [-0.1, -0.05) is 36.4 Å². The number of benzene rings is 3. The van der Waals surface area contributed by atoms with Crippen molar-refractivity contribution >= 4 is 42.5 Å². The second kappa shape index (κ2) is 25.8. The summed E-state index contributed by atoms with van der Waals surface area (Å²) < 4.78 is 60.1. The lowest BCUT2D eigenvalue weighted by molar-refractivity contribution is 0.164. The third kappa shape index (κ3) is 12.3. The zero-order valence-corrected chi connectivity index (χ0v) is 57.9. The van der Waals surface area contributed by atoms with Crippen LogP contribution in [-0.4, -0.2) is 94.6 Å². The summed E-state index contributed by atoms with van der Waals surface area (Å²) in [5.74, 6) is 6.74. The molecule has 0 radical (unpaired) electrons. The van der Waals surface area contributed by atoms with E-state index in [-0.39, 0.29) is 15.9 Å². The normalized spacial score (nSPS) is 19.9. The third-order valence-corrected chi connectivity index (χ3v) is 23.0. The van der Waals surface area contributed by atoms with Crippen LogP contribution in [0.1, 0.15) is 141 Å². The molecule has 7 aliphatic rings. The maximum Gasteiger partial charge on any atom is 0.238 e. The molecule has 4 unspecified atom stereocenters.